The summed E-state index contributed by atoms with van der Waals surface area (Å²) in [6, 6.07) is 14.2. The van der Waals surface area contributed by atoms with Crippen LogP contribution in [-0.4, -0.2) is 71.7 Å². The summed E-state index contributed by atoms with van der Waals surface area (Å²) in [5.41, 5.74) is 3.24. The zero-order valence-corrected chi connectivity index (χ0v) is 22.4. The summed E-state index contributed by atoms with van der Waals surface area (Å²) in [4.78, 5) is 30.1. The molecule has 2 aromatic rings. The summed E-state index contributed by atoms with van der Waals surface area (Å²) >= 11 is 0. The van der Waals surface area contributed by atoms with E-state index >= 15 is 0 Å². The van der Waals surface area contributed by atoms with E-state index in [4.69, 9.17) is 9.47 Å². The number of piperidine rings is 1. The van der Waals surface area contributed by atoms with Gasteiger partial charge < -0.3 is 19.5 Å². The van der Waals surface area contributed by atoms with Crippen molar-refractivity contribution < 1.29 is 24.2 Å². The number of amides is 1. The van der Waals surface area contributed by atoms with Gasteiger partial charge in [0.15, 0.2) is 11.5 Å². The van der Waals surface area contributed by atoms with Gasteiger partial charge in [-0.3, -0.25) is 9.69 Å². The van der Waals surface area contributed by atoms with E-state index in [2.05, 4.69) is 11.0 Å². The first-order valence-electron chi connectivity index (χ1n) is 14.4. The van der Waals surface area contributed by atoms with Crippen molar-refractivity contribution >= 4 is 18.0 Å². The molecule has 2 heterocycles. The molecular weight excluding hydrogens is 492 g/mol. The van der Waals surface area contributed by atoms with E-state index in [9.17, 15) is 14.7 Å². The van der Waals surface area contributed by atoms with Crippen LogP contribution >= 0.6 is 0 Å². The van der Waals surface area contributed by atoms with E-state index in [1.807, 2.05) is 54.4 Å². The smallest absolute Gasteiger partial charge is 0.337 e. The molecule has 3 fully saturated rings. The molecule has 1 amide bonds. The van der Waals surface area contributed by atoms with Crippen molar-refractivity contribution in [3.8, 4) is 11.5 Å². The summed E-state index contributed by atoms with van der Waals surface area (Å²) in [6.45, 7) is 1.53. The van der Waals surface area contributed by atoms with E-state index in [0.717, 1.165) is 43.7 Å². The molecule has 7 nitrogen and oxygen atoms in total. The number of rotatable bonds is 7. The number of carbonyl (C=O) groups excluding carboxylic acids is 2. The number of hydrogen-bond donors (Lipinski definition) is 1. The van der Waals surface area contributed by atoms with Gasteiger partial charge in [0.25, 0.3) is 0 Å². The predicted molar refractivity (Wildman–Crippen MR) is 146 cm³/mol. The normalized spacial score (nSPS) is 30.5. The second kappa shape index (κ2) is 9.49. The minimum Gasteiger partial charge on any atom is -0.483 e. The second-order valence-electron chi connectivity index (χ2n) is 12.0. The number of esters is 1. The molecule has 1 spiro atoms. The molecule has 2 unspecified atom stereocenters. The van der Waals surface area contributed by atoms with Crippen molar-refractivity contribution in [3.63, 3.8) is 0 Å². The standard InChI is InChI=1S/C32H36N2O5/c1-33(27(36)14-9-20-5-3-2-4-6-20)24-12-11-23-25-17-22-10-13-26(38-28(37)19-35)30-29(22)32(23,31(24)39-30)15-16-34(25)18-21-7-8-21/h2-6,9-10,13-14,21,23-25,31,35H,7-8,11-12,15-19H2,1H3/b14-9+/t23-,24?,25+,31?,32-/m0/s1. The van der Waals surface area contributed by atoms with E-state index in [-0.39, 0.29) is 23.5 Å². The van der Waals surface area contributed by atoms with Gasteiger partial charge in [0.05, 0.1) is 6.04 Å². The Balaban J connectivity index is 1.25. The third kappa shape index (κ3) is 4.01. The topological polar surface area (TPSA) is 79.3 Å². The molecule has 3 aliphatic carbocycles. The van der Waals surface area contributed by atoms with Crippen LogP contribution in [0.25, 0.3) is 6.08 Å². The lowest BCUT2D eigenvalue weighted by atomic mass is 9.51. The number of aliphatic hydroxyl groups is 1. The van der Waals surface area contributed by atoms with Gasteiger partial charge in [-0.15, -0.1) is 0 Å². The highest BCUT2D eigenvalue weighted by Gasteiger charge is 2.66. The summed E-state index contributed by atoms with van der Waals surface area (Å²) in [5.74, 6) is 1.57. The fraction of sp³-hybridized carbons (Fsp3) is 0.500. The molecule has 2 aromatic carbocycles. The molecule has 1 saturated heterocycles. The van der Waals surface area contributed by atoms with Crippen LogP contribution < -0.4 is 9.47 Å². The average Bonchev–Trinajstić information content (AvgIpc) is 3.71. The molecule has 5 aliphatic rings. The molecule has 204 valence electrons. The Labute approximate surface area is 229 Å². The van der Waals surface area contributed by atoms with Crippen molar-refractivity contribution in [2.45, 2.75) is 62.1 Å². The maximum atomic E-state index is 13.4. The molecule has 5 atom stereocenters. The Morgan fingerprint density at radius 3 is 2.74 bits per heavy atom. The van der Waals surface area contributed by atoms with E-state index in [1.165, 1.54) is 30.5 Å². The average molecular weight is 529 g/mol. The first kappa shape index (κ1) is 24.9. The van der Waals surface area contributed by atoms with Crippen LogP contribution in [0, 0.1) is 11.8 Å². The highest BCUT2D eigenvalue weighted by molar-refractivity contribution is 5.92. The van der Waals surface area contributed by atoms with Gasteiger partial charge in [-0.25, -0.2) is 4.79 Å². The highest BCUT2D eigenvalue weighted by Crippen LogP contribution is 2.64. The van der Waals surface area contributed by atoms with Gasteiger partial charge in [-0.2, -0.15) is 0 Å². The Morgan fingerprint density at radius 2 is 1.97 bits per heavy atom. The first-order chi connectivity index (χ1) is 19.0. The maximum Gasteiger partial charge on any atom is 0.337 e. The van der Waals surface area contributed by atoms with Crippen LogP contribution in [0.2, 0.25) is 0 Å². The summed E-state index contributed by atoms with van der Waals surface area (Å²) in [6.07, 6.45) is 9.87. The number of nitrogens with zero attached hydrogens (tertiary/aromatic N) is 2. The molecule has 2 saturated carbocycles. The molecule has 2 bridgehead atoms. The van der Waals surface area contributed by atoms with Crippen molar-refractivity contribution in [1.29, 1.82) is 0 Å². The van der Waals surface area contributed by atoms with Gasteiger partial charge >= 0.3 is 5.97 Å². The third-order valence-corrected chi connectivity index (χ3v) is 9.99. The molecule has 1 N–H and O–H groups in total. The third-order valence-electron chi connectivity index (χ3n) is 9.99. The number of ether oxygens (including phenoxy) is 2. The van der Waals surface area contributed by atoms with E-state index in [1.54, 1.807) is 6.08 Å². The number of carbonyl (C=O) groups is 2. The van der Waals surface area contributed by atoms with Gasteiger partial charge in [0.2, 0.25) is 5.91 Å². The Hall–Kier alpha value is -3.16. The van der Waals surface area contributed by atoms with Gasteiger partial charge in [-0.05, 0) is 80.2 Å². The Bertz CT molecular complexity index is 1320. The van der Waals surface area contributed by atoms with Crippen molar-refractivity contribution in [2.24, 2.45) is 11.8 Å². The van der Waals surface area contributed by atoms with E-state index < -0.39 is 12.6 Å². The minimum absolute atomic E-state index is 0.0380. The molecule has 2 aliphatic heterocycles. The van der Waals surface area contributed by atoms with Crippen molar-refractivity contribution in [2.75, 3.05) is 26.7 Å². The number of benzene rings is 2. The maximum absolute atomic E-state index is 13.4. The molecule has 39 heavy (non-hydrogen) atoms. The van der Waals surface area contributed by atoms with Gasteiger partial charge in [0, 0.05) is 36.7 Å². The fourth-order valence-corrected chi connectivity index (χ4v) is 8.09. The van der Waals surface area contributed by atoms with Gasteiger partial charge in [-0.1, -0.05) is 36.4 Å². The molecule has 7 rings (SSSR count). The zero-order chi connectivity index (χ0) is 26.7. The number of hydrogen-bond acceptors (Lipinski definition) is 6. The van der Waals surface area contributed by atoms with Crippen molar-refractivity contribution in [3.05, 3.63) is 65.2 Å². The SMILES string of the molecule is CN(C(=O)/C=C/c1ccccc1)C1CC[C@H]2[C@H]3Cc4ccc(OC(=O)CO)c5c4[C@@]2(CCN3CC2CC2)C1O5. The lowest BCUT2D eigenvalue weighted by Crippen LogP contribution is -2.69. The minimum atomic E-state index is -0.693. The van der Waals surface area contributed by atoms with Crippen LogP contribution in [0.3, 0.4) is 0 Å². The van der Waals surface area contributed by atoms with Crippen LogP contribution in [-0.2, 0) is 21.4 Å². The first-order valence-corrected chi connectivity index (χ1v) is 14.4. The summed E-state index contributed by atoms with van der Waals surface area (Å²) in [5, 5.41) is 9.34. The number of aliphatic hydroxyl groups excluding tert-OH is 1. The monoisotopic (exact) mass is 528 g/mol. The molecule has 0 aromatic heterocycles. The van der Waals surface area contributed by atoms with Crippen molar-refractivity contribution in [1.82, 2.24) is 9.80 Å². The molecular formula is C32H36N2O5. The summed E-state index contributed by atoms with van der Waals surface area (Å²) < 4.78 is 12.4. The van der Waals surface area contributed by atoms with Crippen LogP contribution in [0.4, 0.5) is 0 Å². The number of likely N-dealkylation sites (N-methyl/N-ethyl adjacent to an activating group) is 1. The quantitative estimate of drug-likeness (QED) is 0.336. The van der Waals surface area contributed by atoms with Crippen LogP contribution in [0.1, 0.15) is 48.8 Å². The fourth-order valence-electron chi connectivity index (χ4n) is 8.09. The largest absolute Gasteiger partial charge is 0.483 e. The van der Waals surface area contributed by atoms with E-state index in [0.29, 0.717) is 23.5 Å². The molecule has 7 heteroatoms. The van der Waals surface area contributed by atoms with Crippen LogP contribution in [0.15, 0.2) is 48.5 Å². The highest BCUT2D eigenvalue weighted by atomic mass is 16.6. The number of likely N-dealkylation sites (tertiary alicyclic amines) is 1. The summed E-state index contributed by atoms with van der Waals surface area (Å²) in [7, 11) is 1.89. The lowest BCUT2D eigenvalue weighted by molar-refractivity contribution is -0.137. The van der Waals surface area contributed by atoms with Gasteiger partial charge in [0.1, 0.15) is 12.7 Å². The lowest BCUT2D eigenvalue weighted by Gasteiger charge is -2.60. The predicted octanol–water partition coefficient (Wildman–Crippen LogP) is 3.57. The van der Waals surface area contributed by atoms with Crippen LogP contribution in [0.5, 0.6) is 11.5 Å². The Morgan fingerprint density at radius 1 is 1.15 bits per heavy atom. The molecule has 0 radical (unpaired) electrons. The second-order valence-corrected chi connectivity index (χ2v) is 12.0. The Kier molecular flexibility index (Phi) is 6.05. The zero-order valence-electron chi connectivity index (χ0n) is 22.4.